The Morgan fingerprint density at radius 2 is 1.63 bits per heavy atom. The molecule has 3 aliphatic heterocycles. The molecule has 2 aromatic heterocycles. The molecule has 3 amide bonds. The lowest BCUT2D eigenvalue weighted by molar-refractivity contribution is -0.216. The fraction of sp³-hybridized carbons (Fsp3) is 0.500. The fourth-order valence-corrected chi connectivity index (χ4v) is 10.3. The van der Waals surface area contributed by atoms with Crippen molar-refractivity contribution >= 4 is 51.9 Å². The normalized spacial score (nSPS) is 23.5. The third-order valence-electron chi connectivity index (χ3n) is 12.8. The van der Waals surface area contributed by atoms with Crippen molar-refractivity contribution in [1.82, 2.24) is 34.8 Å². The van der Waals surface area contributed by atoms with Crippen LogP contribution in [0.4, 0.5) is 11.6 Å². The first-order valence-electron chi connectivity index (χ1n) is 20.1. The number of piperazine rings is 1. The van der Waals surface area contributed by atoms with Gasteiger partial charge in [0.1, 0.15) is 29.5 Å². The number of piperidine rings is 2. The highest BCUT2D eigenvalue weighted by atomic mass is 35.5. The maximum atomic E-state index is 14.4. The van der Waals surface area contributed by atoms with Crippen LogP contribution in [0.1, 0.15) is 75.3 Å². The summed E-state index contributed by atoms with van der Waals surface area (Å²) in [6, 6.07) is 11.1. The number of imide groups is 1. The molecule has 17 heteroatoms. The van der Waals surface area contributed by atoms with Crippen LogP contribution in [0.5, 0.6) is 5.75 Å². The van der Waals surface area contributed by atoms with E-state index < -0.39 is 46.4 Å². The number of rotatable bonds is 9. The van der Waals surface area contributed by atoms with E-state index in [0.717, 1.165) is 69.0 Å². The predicted octanol–water partition coefficient (Wildman–Crippen LogP) is 3.82. The zero-order valence-electron chi connectivity index (χ0n) is 33.7. The van der Waals surface area contributed by atoms with E-state index in [1.165, 1.54) is 17.3 Å². The van der Waals surface area contributed by atoms with Crippen LogP contribution in [0, 0.1) is 28.1 Å². The number of nitrogens with zero attached hydrogens (tertiary/aromatic N) is 10. The number of aromatic nitrogens is 5. The number of primary amides is 1. The maximum absolute atomic E-state index is 14.4. The van der Waals surface area contributed by atoms with Gasteiger partial charge in [-0.2, -0.15) is 9.94 Å². The van der Waals surface area contributed by atoms with Crippen LogP contribution in [0.25, 0.3) is 10.9 Å². The van der Waals surface area contributed by atoms with Gasteiger partial charge in [-0.3, -0.25) is 29.0 Å². The summed E-state index contributed by atoms with van der Waals surface area (Å²) in [6.07, 6.45) is 4.79. The molecule has 1 saturated carbocycles. The van der Waals surface area contributed by atoms with Gasteiger partial charge in [-0.25, -0.2) is 9.97 Å². The minimum atomic E-state index is -0.989. The molecule has 8 rings (SSSR count). The molecule has 4 aromatic rings. The van der Waals surface area contributed by atoms with Gasteiger partial charge in [-0.1, -0.05) is 44.5 Å². The van der Waals surface area contributed by atoms with Crippen molar-refractivity contribution in [3.63, 3.8) is 0 Å². The summed E-state index contributed by atoms with van der Waals surface area (Å²) in [5.74, 6) is 0.319. The van der Waals surface area contributed by atoms with E-state index in [1.807, 2.05) is 45.9 Å². The highest BCUT2D eigenvalue weighted by Crippen LogP contribution is 2.59. The van der Waals surface area contributed by atoms with Gasteiger partial charge < -0.3 is 20.3 Å². The number of anilines is 2. The maximum Gasteiger partial charge on any atom is 0.278 e. The first-order valence-corrected chi connectivity index (χ1v) is 20.5. The second-order valence-corrected chi connectivity index (χ2v) is 17.8. The second kappa shape index (κ2) is 15.5. The Morgan fingerprint density at radius 3 is 2.27 bits per heavy atom. The number of hydrogen-bond acceptors (Lipinski definition) is 13. The van der Waals surface area contributed by atoms with Crippen LogP contribution in [-0.4, -0.2) is 110 Å². The Kier molecular flexibility index (Phi) is 10.5. The summed E-state index contributed by atoms with van der Waals surface area (Å²) in [4.78, 5) is 70.4. The molecule has 0 spiro atoms. The number of likely N-dealkylation sites (tertiary alicyclic amines) is 1. The lowest BCUT2D eigenvalue weighted by Crippen LogP contribution is -2.77. The monoisotopic (exact) mass is 821 g/mol. The predicted molar refractivity (Wildman–Crippen MR) is 220 cm³/mol. The molecule has 59 heavy (non-hydrogen) atoms. The van der Waals surface area contributed by atoms with E-state index in [1.54, 1.807) is 24.3 Å². The molecule has 5 heterocycles. The van der Waals surface area contributed by atoms with Crippen molar-refractivity contribution in [3.05, 3.63) is 75.3 Å². The van der Waals surface area contributed by atoms with Crippen LogP contribution in [-0.2, 0) is 9.59 Å². The summed E-state index contributed by atoms with van der Waals surface area (Å²) in [7, 11) is 0. The van der Waals surface area contributed by atoms with Crippen LogP contribution < -0.4 is 25.8 Å². The number of fused-ring (bicyclic) bond motifs is 1. The van der Waals surface area contributed by atoms with Gasteiger partial charge in [0.2, 0.25) is 11.9 Å². The summed E-state index contributed by atoms with van der Waals surface area (Å²) in [5.41, 5.74) is 5.58. The van der Waals surface area contributed by atoms with E-state index in [9.17, 15) is 24.4 Å². The van der Waals surface area contributed by atoms with Gasteiger partial charge in [0.15, 0.2) is 0 Å². The molecule has 2 aromatic carbocycles. The number of halogens is 1. The minimum absolute atomic E-state index is 0.0766. The topological polar surface area (TPSA) is 197 Å². The van der Waals surface area contributed by atoms with Gasteiger partial charge in [0.25, 0.3) is 17.4 Å². The number of benzene rings is 2. The largest absolute Gasteiger partial charge is 0.489 e. The van der Waals surface area contributed by atoms with Crippen LogP contribution >= 0.6 is 11.6 Å². The van der Waals surface area contributed by atoms with E-state index in [-0.39, 0.29) is 23.8 Å². The molecule has 16 nitrogen and oxygen atoms in total. The zero-order chi connectivity index (χ0) is 41.8. The molecule has 1 unspecified atom stereocenters. The van der Waals surface area contributed by atoms with Crippen molar-refractivity contribution in [2.75, 3.05) is 55.6 Å². The lowest BCUT2D eigenvalue weighted by atomic mass is 9.48. The average molecular weight is 822 g/mol. The van der Waals surface area contributed by atoms with Crippen molar-refractivity contribution < 1.29 is 19.1 Å². The van der Waals surface area contributed by atoms with Crippen LogP contribution in [0.3, 0.4) is 0 Å². The minimum Gasteiger partial charge on any atom is -0.489 e. The number of carbonyl (C=O) groups excluding carboxylic acids is 3. The van der Waals surface area contributed by atoms with E-state index in [2.05, 4.69) is 35.0 Å². The molecule has 2 N–H and O–H groups in total. The SMILES string of the molecule is CC1(C)C(Oc2ccc(C#N)c(Cl)c2)C(C)(C)C1N1C(=O)CCC(n2nnc3ccc(N4CCC(CN5CCN(c6ncc(C(N)=O)cn6)CC5)CC4)cc3c2=O)C1=O. The standard InChI is InChI=1S/C42H48ClN11O5/c1-41(2)38(42(3,4)39(41)59-29-7-5-26(21-44)31(43)20-29)53-34(55)10-9-33(37(53)58)54-36(57)30-19-28(6-8-32(30)48-49-54)51-13-11-25(12-14-51)24-50-15-17-52(18-16-50)40-46-22-27(23-47-40)35(45)56/h5-8,19-20,22-23,25,33,38-39H,9-18,24H2,1-4H3,(H2,45,56). The molecule has 1 atom stereocenters. The number of carbonyl (C=O) groups is 3. The second-order valence-electron chi connectivity index (χ2n) is 17.3. The van der Waals surface area contributed by atoms with Gasteiger partial charge in [-0.15, -0.1) is 5.10 Å². The van der Waals surface area contributed by atoms with Gasteiger partial charge >= 0.3 is 0 Å². The first kappa shape index (κ1) is 40.1. The number of amides is 3. The molecule has 308 valence electrons. The molecule has 1 aliphatic carbocycles. The van der Waals surface area contributed by atoms with Crippen molar-refractivity contribution in [3.8, 4) is 11.8 Å². The molecule has 4 fully saturated rings. The third kappa shape index (κ3) is 7.35. The Hall–Kier alpha value is -5.66. The van der Waals surface area contributed by atoms with Crippen molar-refractivity contribution in [2.45, 2.75) is 71.6 Å². The Labute approximate surface area is 346 Å². The van der Waals surface area contributed by atoms with Crippen LogP contribution in [0.15, 0.2) is 53.6 Å². The summed E-state index contributed by atoms with van der Waals surface area (Å²) >= 11 is 6.28. The summed E-state index contributed by atoms with van der Waals surface area (Å²) in [6.45, 7) is 13.9. The average Bonchev–Trinajstić information content (AvgIpc) is 3.22. The van der Waals surface area contributed by atoms with Gasteiger partial charge in [-0.05, 0) is 55.5 Å². The first-order chi connectivity index (χ1) is 28.2. The Bertz CT molecular complexity index is 2380. The third-order valence-corrected chi connectivity index (χ3v) is 13.1. The van der Waals surface area contributed by atoms with Crippen molar-refractivity contribution in [1.29, 1.82) is 5.26 Å². The summed E-state index contributed by atoms with van der Waals surface area (Å²) < 4.78 is 7.58. The molecule has 4 aliphatic rings. The summed E-state index contributed by atoms with van der Waals surface area (Å²) in [5, 5.41) is 18.5. The highest BCUT2D eigenvalue weighted by molar-refractivity contribution is 6.31. The van der Waals surface area contributed by atoms with E-state index >= 15 is 0 Å². The van der Waals surface area contributed by atoms with Gasteiger partial charge in [0.05, 0.1) is 27.6 Å². The Balaban J connectivity index is 0.915. The molecular weight excluding hydrogens is 774 g/mol. The van der Waals surface area contributed by atoms with E-state index in [0.29, 0.717) is 39.6 Å². The van der Waals surface area contributed by atoms with Crippen LogP contribution in [0.2, 0.25) is 5.02 Å². The van der Waals surface area contributed by atoms with Crippen molar-refractivity contribution in [2.24, 2.45) is 22.5 Å². The zero-order valence-corrected chi connectivity index (χ0v) is 34.4. The lowest BCUT2D eigenvalue weighted by Gasteiger charge is -2.65. The quantitative estimate of drug-likeness (QED) is 0.240. The number of nitrogens with two attached hydrogens (primary N) is 1. The highest BCUT2D eigenvalue weighted by Gasteiger charge is 2.68. The smallest absolute Gasteiger partial charge is 0.278 e. The molecular formula is C42H48ClN11O5. The van der Waals surface area contributed by atoms with Gasteiger partial charge in [0, 0.05) is 87.2 Å². The fourth-order valence-electron chi connectivity index (χ4n) is 10.1. The number of hydrogen-bond donors (Lipinski definition) is 1. The molecule has 3 saturated heterocycles. The van der Waals surface area contributed by atoms with E-state index in [4.69, 9.17) is 22.1 Å². The molecule has 0 bridgehead atoms. The molecule has 0 radical (unpaired) electrons. The Morgan fingerprint density at radius 1 is 0.932 bits per heavy atom. The number of ether oxygens (including phenoxy) is 1. The number of nitriles is 1.